The smallest absolute Gasteiger partial charge is 0.121 e. The summed E-state index contributed by atoms with van der Waals surface area (Å²) in [5, 5.41) is 0.400. The number of hydrogen-bond acceptors (Lipinski definition) is 1. The molecule has 0 saturated carbocycles. The average molecular weight is 279 g/mol. The van der Waals surface area contributed by atoms with Crippen LogP contribution in [-0.2, 0) is 0 Å². The molecule has 88 valence electrons. The summed E-state index contributed by atoms with van der Waals surface area (Å²) in [5.41, 5.74) is 9.46. The minimum Gasteiger partial charge on any atom is -0.324 e. The van der Waals surface area contributed by atoms with Crippen LogP contribution in [0.15, 0.2) is 27.7 Å². The van der Waals surface area contributed by atoms with Crippen molar-refractivity contribution >= 4 is 34.8 Å². The zero-order valence-electron chi connectivity index (χ0n) is 9.23. The van der Waals surface area contributed by atoms with Crippen molar-refractivity contribution in [1.82, 2.24) is 0 Å². The van der Waals surface area contributed by atoms with Gasteiger partial charge in [0.05, 0.1) is 5.03 Å². The van der Waals surface area contributed by atoms with E-state index in [0.29, 0.717) is 11.5 Å². The van der Waals surface area contributed by atoms with Crippen molar-refractivity contribution in [2.75, 3.05) is 0 Å². The molecule has 0 spiro atoms. The van der Waals surface area contributed by atoms with E-state index in [-0.39, 0.29) is 10.5 Å². The fourth-order valence-corrected chi connectivity index (χ4v) is 1.86. The first kappa shape index (κ1) is 13.9. The molecule has 16 heavy (non-hydrogen) atoms. The van der Waals surface area contributed by atoms with Crippen LogP contribution < -0.4 is 5.73 Å². The summed E-state index contributed by atoms with van der Waals surface area (Å²) in [6.45, 7) is 4.05. The fourth-order valence-electron chi connectivity index (χ4n) is 1.54. The highest BCUT2D eigenvalue weighted by Gasteiger charge is 2.12. The van der Waals surface area contributed by atoms with E-state index in [9.17, 15) is 0 Å². The SMILES string of the molecule is Cc1ccc(C)c(C(N)CC(Cl)=C(Cl)Cl)c1. The third kappa shape index (κ3) is 3.67. The molecule has 0 aliphatic carbocycles. The van der Waals surface area contributed by atoms with Gasteiger partial charge in [0.1, 0.15) is 4.49 Å². The molecule has 2 N–H and O–H groups in total. The Morgan fingerprint density at radius 2 is 1.88 bits per heavy atom. The highest BCUT2D eigenvalue weighted by atomic mass is 35.5. The molecule has 0 bridgehead atoms. The third-order valence-electron chi connectivity index (χ3n) is 2.44. The van der Waals surface area contributed by atoms with E-state index in [0.717, 1.165) is 11.1 Å². The van der Waals surface area contributed by atoms with Gasteiger partial charge in [0.25, 0.3) is 0 Å². The molecule has 0 aliphatic rings. The summed E-state index contributed by atoms with van der Waals surface area (Å²) in [7, 11) is 0. The lowest BCUT2D eigenvalue weighted by atomic mass is 9.97. The van der Waals surface area contributed by atoms with Crippen molar-refractivity contribution in [2.24, 2.45) is 5.73 Å². The lowest BCUT2D eigenvalue weighted by Gasteiger charge is -2.15. The molecule has 0 radical (unpaired) electrons. The van der Waals surface area contributed by atoms with Crippen molar-refractivity contribution in [1.29, 1.82) is 0 Å². The van der Waals surface area contributed by atoms with Crippen LogP contribution in [0, 0.1) is 13.8 Å². The molecule has 0 fully saturated rings. The van der Waals surface area contributed by atoms with Crippen molar-refractivity contribution in [3.05, 3.63) is 44.4 Å². The molecule has 1 atom stereocenters. The lowest BCUT2D eigenvalue weighted by Crippen LogP contribution is -2.12. The highest BCUT2D eigenvalue weighted by Crippen LogP contribution is 2.28. The van der Waals surface area contributed by atoms with Crippen LogP contribution in [0.5, 0.6) is 0 Å². The molecule has 0 saturated heterocycles. The van der Waals surface area contributed by atoms with Crippen molar-refractivity contribution in [3.8, 4) is 0 Å². The van der Waals surface area contributed by atoms with Crippen LogP contribution in [-0.4, -0.2) is 0 Å². The van der Waals surface area contributed by atoms with Gasteiger partial charge in [-0.05, 0) is 25.0 Å². The second-order valence-corrected chi connectivity index (χ2v) is 5.24. The zero-order chi connectivity index (χ0) is 12.3. The average Bonchev–Trinajstić information content (AvgIpc) is 2.21. The van der Waals surface area contributed by atoms with Crippen molar-refractivity contribution in [2.45, 2.75) is 26.3 Å². The van der Waals surface area contributed by atoms with Gasteiger partial charge in [0.2, 0.25) is 0 Å². The van der Waals surface area contributed by atoms with Gasteiger partial charge >= 0.3 is 0 Å². The van der Waals surface area contributed by atoms with Crippen molar-refractivity contribution in [3.63, 3.8) is 0 Å². The van der Waals surface area contributed by atoms with E-state index < -0.39 is 0 Å². The van der Waals surface area contributed by atoms with Gasteiger partial charge in [0.15, 0.2) is 0 Å². The lowest BCUT2D eigenvalue weighted by molar-refractivity contribution is 0.727. The maximum atomic E-state index is 6.07. The second-order valence-electron chi connectivity index (χ2n) is 3.84. The molecule has 1 unspecified atom stereocenters. The molecular weight excluding hydrogens is 264 g/mol. The molecule has 1 aromatic rings. The minimum atomic E-state index is -0.181. The Morgan fingerprint density at radius 3 is 2.44 bits per heavy atom. The Kier molecular flexibility index (Phi) is 5.13. The van der Waals surface area contributed by atoms with E-state index >= 15 is 0 Å². The summed E-state index contributed by atoms with van der Waals surface area (Å²) < 4.78 is 0.0856. The molecule has 0 heterocycles. The van der Waals surface area contributed by atoms with E-state index in [4.69, 9.17) is 40.5 Å². The Bertz CT molecular complexity index is 409. The standard InChI is InChI=1S/C12H14Cl3N/c1-7-3-4-8(2)9(5-7)11(16)6-10(13)12(14)15/h3-5,11H,6,16H2,1-2H3. The summed E-state index contributed by atoms with van der Waals surface area (Å²) in [4.78, 5) is 0. The summed E-state index contributed by atoms with van der Waals surface area (Å²) in [6.07, 6.45) is 0.453. The molecule has 1 rings (SSSR count). The van der Waals surface area contributed by atoms with Crippen LogP contribution >= 0.6 is 34.8 Å². The second kappa shape index (κ2) is 5.92. The first-order valence-electron chi connectivity index (χ1n) is 4.94. The third-order valence-corrected chi connectivity index (χ3v) is 3.43. The van der Waals surface area contributed by atoms with Gasteiger partial charge < -0.3 is 5.73 Å². The normalized spacial score (nSPS) is 12.4. The molecule has 0 amide bonds. The largest absolute Gasteiger partial charge is 0.324 e. The first-order valence-corrected chi connectivity index (χ1v) is 6.07. The molecule has 1 nitrogen and oxygen atoms in total. The molecule has 1 aromatic carbocycles. The number of aryl methyl sites for hydroxylation is 2. The number of halogens is 3. The van der Waals surface area contributed by atoms with Gasteiger partial charge in [-0.3, -0.25) is 0 Å². The van der Waals surface area contributed by atoms with Gasteiger partial charge in [-0.2, -0.15) is 0 Å². The number of hydrogen-bond donors (Lipinski definition) is 1. The molecule has 0 aliphatic heterocycles. The van der Waals surface area contributed by atoms with Crippen LogP contribution in [0.3, 0.4) is 0 Å². The first-order chi connectivity index (χ1) is 7.41. The minimum absolute atomic E-state index is 0.0856. The van der Waals surface area contributed by atoms with Crippen LogP contribution in [0.1, 0.15) is 29.2 Å². The Labute approximate surface area is 111 Å². The van der Waals surface area contributed by atoms with E-state index in [1.807, 2.05) is 19.9 Å². The highest BCUT2D eigenvalue weighted by molar-refractivity contribution is 6.59. The van der Waals surface area contributed by atoms with Gasteiger partial charge in [-0.25, -0.2) is 0 Å². The summed E-state index contributed by atoms with van der Waals surface area (Å²) >= 11 is 17.1. The van der Waals surface area contributed by atoms with E-state index in [2.05, 4.69) is 12.1 Å². The fraction of sp³-hybridized carbons (Fsp3) is 0.333. The van der Waals surface area contributed by atoms with Crippen LogP contribution in [0.25, 0.3) is 0 Å². The molecular formula is C12H14Cl3N. The molecule has 4 heteroatoms. The van der Waals surface area contributed by atoms with Gasteiger partial charge in [0, 0.05) is 12.5 Å². The Morgan fingerprint density at radius 1 is 1.25 bits per heavy atom. The maximum absolute atomic E-state index is 6.07. The number of nitrogens with two attached hydrogens (primary N) is 1. The van der Waals surface area contributed by atoms with Crippen molar-refractivity contribution < 1.29 is 0 Å². The predicted octanol–water partition coefficient (Wildman–Crippen LogP) is 4.58. The van der Waals surface area contributed by atoms with Gasteiger partial charge in [-0.15, -0.1) is 0 Å². The maximum Gasteiger partial charge on any atom is 0.121 e. The van der Waals surface area contributed by atoms with Gasteiger partial charge in [-0.1, -0.05) is 58.6 Å². The quantitative estimate of drug-likeness (QED) is 0.860. The summed E-state index contributed by atoms with van der Waals surface area (Å²) in [6, 6.07) is 5.98. The Hall–Kier alpha value is -0.210. The predicted molar refractivity (Wildman–Crippen MR) is 72.0 cm³/mol. The number of rotatable bonds is 3. The summed E-state index contributed by atoms with van der Waals surface area (Å²) in [5.74, 6) is 0. The van der Waals surface area contributed by atoms with Crippen LogP contribution in [0.4, 0.5) is 0 Å². The van der Waals surface area contributed by atoms with Crippen LogP contribution in [0.2, 0.25) is 0 Å². The topological polar surface area (TPSA) is 26.0 Å². The number of benzene rings is 1. The van der Waals surface area contributed by atoms with E-state index in [1.54, 1.807) is 0 Å². The monoisotopic (exact) mass is 277 g/mol. The zero-order valence-corrected chi connectivity index (χ0v) is 11.5. The molecule has 0 aromatic heterocycles. The van der Waals surface area contributed by atoms with E-state index in [1.165, 1.54) is 5.56 Å². The Balaban J connectivity index is 2.92.